The Morgan fingerprint density at radius 2 is 1.67 bits per heavy atom. The number of aliphatic hydroxyl groups excluding tert-OH is 3. The Bertz CT molecular complexity index is 423. The summed E-state index contributed by atoms with van der Waals surface area (Å²) in [6.07, 6.45) is -7.40. The molecule has 0 amide bonds. The first-order valence-electron chi connectivity index (χ1n) is 6.79. The Morgan fingerprint density at radius 1 is 1.10 bits per heavy atom. The minimum Gasteiger partial charge on any atom is -0.388 e. The van der Waals surface area contributed by atoms with E-state index in [0.717, 1.165) is 0 Å². The zero-order chi connectivity index (χ0) is 16.4. The Morgan fingerprint density at radius 3 is 2.14 bits per heavy atom. The van der Waals surface area contributed by atoms with Crippen LogP contribution in [0.4, 0.5) is 0 Å². The normalized spacial score (nSPS) is 35.9. The molecule has 0 bridgehead atoms. The number of rotatable bonds is 6. The highest BCUT2D eigenvalue weighted by Gasteiger charge is 2.45. The molecule has 0 aromatic rings. The molecular formula is C12H24O8S. The third-order valence-corrected chi connectivity index (χ3v) is 4.45. The summed E-state index contributed by atoms with van der Waals surface area (Å²) in [6.45, 7) is 6.15. The van der Waals surface area contributed by atoms with Crippen molar-refractivity contribution in [2.45, 2.75) is 51.5 Å². The number of ether oxygens (including phenoxy) is 2. The van der Waals surface area contributed by atoms with Gasteiger partial charge in [-0.05, 0) is 11.8 Å². The van der Waals surface area contributed by atoms with Gasteiger partial charge in [0.1, 0.15) is 30.2 Å². The summed E-state index contributed by atoms with van der Waals surface area (Å²) in [5, 5.41) is 29.2. The third kappa shape index (κ3) is 5.44. The lowest BCUT2D eigenvalue weighted by Crippen LogP contribution is -2.59. The predicted octanol–water partition coefficient (Wildman–Crippen LogP) is -1.01. The fourth-order valence-electron chi connectivity index (χ4n) is 1.84. The van der Waals surface area contributed by atoms with E-state index in [1.54, 1.807) is 0 Å². The summed E-state index contributed by atoms with van der Waals surface area (Å²) >= 11 is 0. The zero-order valence-electron chi connectivity index (χ0n) is 12.3. The van der Waals surface area contributed by atoms with Gasteiger partial charge in [0.2, 0.25) is 0 Å². The molecule has 0 radical (unpaired) electrons. The summed E-state index contributed by atoms with van der Waals surface area (Å²) in [5.41, 5.74) is 0. The molecule has 1 aliphatic heterocycles. The molecule has 4 N–H and O–H groups in total. The van der Waals surface area contributed by atoms with Gasteiger partial charge in [-0.3, -0.25) is 4.55 Å². The van der Waals surface area contributed by atoms with Gasteiger partial charge < -0.3 is 24.8 Å². The van der Waals surface area contributed by atoms with Gasteiger partial charge in [0.15, 0.2) is 6.29 Å². The molecule has 8 nitrogen and oxygen atoms in total. The molecule has 21 heavy (non-hydrogen) atoms. The van der Waals surface area contributed by atoms with E-state index in [2.05, 4.69) is 0 Å². The van der Waals surface area contributed by atoms with E-state index < -0.39 is 46.6 Å². The summed E-state index contributed by atoms with van der Waals surface area (Å²) in [6, 6.07) is 0. The summed E-state index contributed by atoms with van der Waals surface area (Å²) in [4.78, 5) is 0. The number of aliphatic hydroxyl groups is 3. The number of hydrogen-bond acceptors (Lipinski definition) is 7. The maximum Gasteiger partial charge on any atom is 0.267 e. The zero-order valence-corrected chi connectivity index (χ0v) is 13.1. The van der Waals surface area contributed by atoms with Crippen molar-refractivity contribution in [2.75, 3.05) is 12.4 Å². The van der Waals surface area contributed by atoms with E-state index >= 15 is 0 Å². The maximum atomic E-state index is 10.9. The average molecular weight is 328 g/mol. The molecule has 0 saturated carbocycles. The first-order chi connectivity index (χ1) is 9.53. The van der Waals surface area contributed by atoms with E-state index in [4.69, 9.17) is 14.0 Å². The predicted molar refractivity (Wildman–Crippen MR) is 73.1 cm³/mol. The van der Waals surface area contributed by atoms with Gasteiger partial charge >= 0.3 is 0 Å². The molecule has 0 spiro atoms. The molecule has 1 rings (SSSR count). The molecule has 0 aromatic carbocycles. The average Bonchev–Trinajstić information content (AvgIpc) is 2.36. The highest BCUT2D eigenvalue weighted by molar-refractivity contribution is 7.85. The van der Waals surface area contributed by atoms with Crippen molar-refractivity contribution in [3.63, 3.8) is 0 Å². The molecule has 6 unspecified atom stereocenters. The van der Waals surface area contributed by atoms with Crippen molar-refractivity contribution in [1.29, 1.82) is 0 Å². The van der Waals surface area contributed by atoms with Crippen molar-refractivity contribution in [3.05, 3.63) is 0 Å². The Labute approximate surface area is 124 Å². The largest absolute Gasteiger partial charge is 0.388 e. The highest BCUT2D eigenvalue weighted by atomic mass is 32.2. The minimum atomic E-state index is -4.40. The molecule has 9 heteroatoms. The monoisotopic (exact) mass is 328 g/mol. The van der Waals surface area contributed by atoms with Crippen molar-refractivity contribution >= 4 is 10.1 Å². The van der Waals surface area contributed by atoms with Crippen molar-refractivity contribution in [3.8, 4) is 0 Å². The smallest absolute Gasteiger partial charge is 0.267 e. The summed E-state index contributed by atoms with van der Waals surface area (Å²) < 4.78 is 41.1. The van der Waals surface area contributed by atoms with Gasteiger partial charge in [-0.15, -0.1) is 0 Å². The number of hydrogen-bond donors (Lipinski definition) is 4. The van der Waals surface area contributed by atoms with E-state index in [1.165, 1.54) is 0 Å². The summed E-state index contributed by atoms with van der Waals surface area (Å²) in [5.74, 6) is -0.406. The lowest BCUT2D eigenvalue weighted by molar-refractivity contribution is -0.295. The fourth-order valence-corrected chi connectivity index (χ4v) is 2.53. The molecule has 0 aromatic heterocycles. The first kappa shape index (κ1) is 18.8. The van der Waals surface area contributed by atoms with Gasteiger partial charge in [-0.25, -0.2) is 0 Å². The lowest BCUT2D eigenvalue weighted by atomic mass is 9.98. The molecule has 6 atom stereocenters. The second-order valence-electron chi connectivity index (χ2n) is 5.82. The van der Waals surface area contributed by atoms with E-state index in [1.807, 2.05) is 20.8 Å². The Kier molecular flexibility index (Phi) is 6.54. The van der Waals surface area contributed by atoms with Crippen LogP contribution in [0.1, 0.15) is 20.8 Å². The fraction of sp³-hybridized carbons (Fsp3) is 1.00. The second kappa shape index (κ2) is 7.32. The van der Waals surface area contributed by atoms with Crippen LogP contribution in [-0.4, -0.2) is 71.4 Å². The lowest BCUT2D eigenvalue weighted by Gasteiger charge is -2.40. The van der Waals surface area contributed by atoms with Gasteiger partial charge in [0.05, 0.1) is 6.61 Å². The first-order valence-corrected chi connectivity index (χ1v) is 8.40. The molecule has 1 fully saturated rings. The topological polar surface area (TPSA) is 134 Å². The van der Waals surface area contributed by atoms with Crippen LogP contribution in [0.15, 0.2) is 0 Å². The molecule has 1 heterocycles. The van der Waals surface area contributed by atoms with Crippen LogP contribution in [0.25, 0.3) is 0 Å². The standard InChI is InChI=1S/C12H24O8S/c1-6(2)7(3)4-19-12-11(15)10(14)9(13)8(20-12)5-21(16,17)18/h6-15H,4-5H2,1-3H3,(H,16,17,18). The Hall–Kier alpha value is -0.290. The maximum absolute atomic E-state index is 10.9. The second-order valence-corrected chi connectivity index (χ2v) is 7.32. The molecular weight excluding hydrogens is 304 g/mol. The highest BCUT2D eigenvalue weighted by Crippen LogP contribution is 2.24. The van der Waals surface area contributed by atoms with E-state index in [0.29, 0.717) is 5.92 Å². The molecule has 126 valence electrons. The van der Waals surface area contributed by atoms with Gasteiger partial charge in [-0.1, -0.05) is 20.8 Å². The quantitative estimate of drug-likeness (QED) is 0.456. The van der Waals surface area contributed by atoms with Crippen LogP contribution < -0.4 is 0 Å². The van der Waals surface area contributed by atoms with Crippen molar-refractivity contribution < 1.29 is 37.8 Å². The van der Waals surface area contributed by atoms with E-state index in [9.17, 15) is 23.7 Å². The molecule has 1 saturated heterocycles. The van der Waals surface area contributed by atoms with Crippen molar-refractivity contribution in [1.82, 2.24) is 0 Å². The van der Waals surface area contributed by atoms with Crippen LogP contribution in [0, 0.1) is 11.8 Å². The van der Waals surface area contributed by atoms with Crippen LogP contribution >= 0.6 is 0 Å². The van der Waals surface area contributed by atoms with Crippen LogP contribution in [0.3, 0.4) is 0 Å². The minimum absolute atomic E-state index is 0.157. The molecule has 0 aliphatic carbocycles. The van der Waals surface area contributed by atoms with E-state index in [-0.39, 0.29) is 12.5 Å². The van der Waals surface area contributed by atoms with Gasteiger partial charge in [0, 0.05) is 0 Å². The van der Waals surface area contributed by atoms with Crippen molar-refractivity contribution in [2.24, 2.45) is 11.8 Å². The van der Waals surface area contributed by atoms with Crippen LogP contribution in [0.2, 0.25) is 0 Å². The van der Waals surface area contributed by atoms with Gasteiger partial charge in [-0.2, -0.15) is 8.42 Å². The Balaban J connectivity index is 2.71. The van der Waals surface area contributed by atoms with Crippen LogP contribution in [0.5, 0.6) is 0 Å². The van der Waals surface area contributed by atoms with Gasteiger partial charge in [0.25, 0.3) is 10.1 Å². The van der Waals surface area contributed by atoms with Crippen LogP contribution in [-0.2, 0) is 19.6 Å². The third-order valence-electron chi connectivity index (χ3n) is 3.70. The summed E-state index contributed by atoms with van der Waals surface area (Å²) in [7, 11) is -4.40. The SMILES string of the molecule is CC(C)C(C)COC1OC(CS(=O)(=O)O)C(O)C(O)C1O. The molecule has 1 aliphatic rings.